The van der Waals surface area contributed by atoms with Crippen LogP contribution in [0.25, 0.3) is 0 Å². The van der Waals surface area contributed by atoms with Crippen molar-refractivity contribution in [3.05, 3.63) is 11.6 Å². The van der Waals surface area contributed by atoms with Crippen molar-refractivity contribution in [2.24, 2.45) is 17.3 Å². The van der Waals surface area contributed by atoms with Gasteiger partial charge in [-0.05, 0) is 58.3 Å². The van der Waals surface area contributed by atoms with Crippen LogP contribution in [0.1, 0.15) is 60.3 Å². The summed E-state index contributed by atoms with van der Waals surface area (Å²) in [6.07, 6.45) is 5.18. The number of aliphatic hydroxyl groups is 1. The Balaban J connectivity index is 3.07. The predicted octanol–water partition coefficient (Wildman–Crippen LogP) is 3.71. The van der Waals surface area contributed by atoms with Gasteiger partial charge in [0.25, 0.3) is 0 Å². The molecule has 20 heavy (non-hydrogen) atoms. The van der Waals surface area contributed by atoms with E-state index >= 15 is 0 Å². The SMILES string of the molecule is COC(=O)[C@@]1(CCC=C(C)C)CC[C@H](C(C)C)[C@@]1(C)O. The molecule has 0 spiro atoms. The lowest BCUT2D eigenvalue weighted by atomic mass is 9.67. The zero-order valence-corrected chi connectivity index (χ0v) is 13.8. The molecule has 3 nitrogen and oxygen atoms in total. The highest BCUT2D eigenvalue weighted by Crippen LogP contribution is 2.55. The van der Waals surface area contributed by atoms with Gasteiger partial charge in [0.2, 0.25) is 0 Å². The highest BCUT2D eigenvalue weighted by Gasteiger charge is 2.61. The highest BCUT2D eigenvalue weighted by atomic mass is 16.5. The largest absolute Gasteiger partial charge is 0.469 e. The Morgan fingerprint density at radius 2 is 2.05 bits per heavy atom. The predicted molar refractivity (Wildman–Crippen MR) is 81.3 cm³/mol. The van der Waals surface area contributed by atoms with Gasteiger partial charge in [-0.2, -0.15) is 0 Å². The fourth-order valence-electron chi connectivity index (χ4n) is 3.86. The summed E-state index contributed by atoms with van der Waals surface area (Å²) in [5, 5.41) is 11.1. The van der Waals surface area contributed by atoms with Gasteiger partial charge in [0.05, 0.1) is 18.1 Å². The Morgan fingerprint density at radius 3 is 2.45 bits per heavy atom. The summed E-state index contributed by atoms with van der Waals surface area (Å²) in [7, 11) is 1.42. The lowest BCUT2D eigenvalue weighted by molar-refractivity contribution is -0.172. The number of ether oxygens (including phenoxy) is 1. The topological polar surface area (TPSA) is 46.5 Å². The molecule has 1 aliphatic carbocycles. The third kappa shape index (κ3) is 2.93. The molecule has 3 atom stereocenters. The Kier molecular flexibility index (Phi) is 5.42. The summed E-state index contributed by atoms with van der Waals surface area (Å²) in [6, 6.07) is 0. The van der Waals surface area contributed by atoms with Crippen LogP contribution in [0.3, 0.4) is 0 Å². The van der Waals surface area contributed by atoms with Gasteiger partial charge in [-0.15, -0.1) is 0 Å². The summed E-state index contributed by atoms with van der Waals surface area (Å²) in [5.41, 5.74) is -0.519. The molecule has 1 N–H and O–H groups in total. The number of hydrogen-bond donors (Lipinski definition) is 1. The molecule has 0 amide bonds. The molecule has 0 aliphatic heterocycles. The minimum absolute atomic E-state index is 0.147. The average Bonchev–Trinajstić information content (AvgIpc) is 2.60. The molecule has 116 valence electrons. The molecule has 3 heteroatoms. The van der Waals surface area contributed by atoms with Gasteiger partial charge >= 0.3 is 5.97 Å². The normalized spacial score (nSPS) is 33.3. The van der Waals surface area contributed by atoms with E-state index in [0.717, 1.165) is 12.8 Å². The smallest absolute Gasteiger partial charge is 0.314 e. The molecule has 0 unspecified atom stereocenters. The fraction of sp³-hybridized carbons (Fsp3) is 0.824. The second kappa shape index (κ2) is 6.30. The Morgan fingerprint density at radius 1 is 1.45 bits per heavy atom. The Labute approximate surface area is 123 Å². The lowest BCUT2D eigenvalue weighted by Gasteiger charge is -2.41. The molecule has 1 fully saturated rings. The standard InChI is InChI=1S/C17H30O3/c1-12(2)8-7-10-17(15(18)20-6)11-9-14(13(3)4)16(17,5)19/h8,13-14,19H,7,9-11H2,1-6H3/t14-,16-,17-/m1/s1. The second-order valence-electron chi connectivity index (χ2n) is 6.93. The van der Waals surface area contributed by atoms with Gasteiger partial charge in [0.1, 0.15) is 0 Å². The molecule has 0 bridgehead atoms. The van der Waals surface area contributed by atoms with E-state index in [4.69, 9.17) is 4.74 Å². The van der Waals surface area contributed by atoms with Crippen LogP contribution in [-0.4, -0.2) is 23.8 Å². The Hall–Kier alpha value is -0.830. The summed E-state index contributed by atoms with van der Waals surface area (Å²) in [4.78, 5) is 12.4. The summed E-state index contributed by atoms with van der Waals surface area (Å²) >= 11 is 0. The number of esters is 1. The first-order chi connectivity index (χ1) is 9.19. The first-order valence-electron chi connectivity index (χ1n) is 7.63. The third-order valence-corrected chi connectivity index (χ3v) is 5.08. The van der Waals surface area contributed by atoms with Crippen molar-refractivity contribution in [1.29, 1.82) is 0 Å². The van der Waals surface area contributed by atoms with Gasteiger partial charge < -0.3 is 9.84 Å². The van der Waals surface area contributed by atoms with E-state index in [1.807, 2.05) is 6.92 Å². The van der Waals surface area contributed by atoms with Crippen molar-refractivity contribution in [1.82, 2.24) is 0 Å². The molecule has 1 saturated carbocycles. The number of methoxy groups -OCH3 is 1. The number of carbonyl (C=O) groups is 1. The third-order valence-electron chi connectivity index (χ3n) is 5.08. The van der Waals surface area contributed by atoms with Crippen LogP contribution in [0.2, 0.25) is 0 Å². The maximum absolute atomic E-state index is 12.4. The van der Waals surface area contributed by atoms with Crippen molar-refractivity contribution in [2.75, 3.05) is 7.11 Å². The quantitative estimate of drug-likeness (QED) is 0.617. The molecule has 0 radical (unpaired) electrons. The number of hydrogen-bond acceptors (Lipinski definition) is 3. The molecule has 0 aromatic rings. The van der Waals surface area contributed by atoms with Crippen LogP contribution in [-0.2, 0) is 9.53 Å². The fourth-order valence-corrected chi connectivity index (χ4v) is 3.86. The molecule has 0 heterocycles. The molecule has 1 aliphatic rings. The molecule has 0 aromatic heterocycles. The van der Waals surface area contributed by atoms with Gasteiger partial charge in [-0.3, -0.25) is 4.79 Å². The van der Waals surface area contributed by atoms with Crippen molar-refractivity contribution < 1.29 is 14.6 Å². The zero-order chi connectivity index (χ0) is 15.6. The Bertz CT molecular complexity index is 378. The van der Waals surface area contributed by atoms with Crippen molar-refractivity contribution in [3.63, 3.8) is 0 Å². The van der Waals surface area contributed by atoms with Crippen LogP contribution in [0.15, 0.2) is 11.6 Å². The van der Waals surface area contributed by atoms with Crippen LogP contribution in [0, 0.1) is 17.3 Å². The highest BCUT2D eigenvalue weighted by molar-refractivity contribution is 5.79. The van der Waals surface area contributed by atoms with Gasteiger partial charge in [0, 0.05) is 0 Å². The van der Waals surface area contributed by atoms with Gasteiger partial charge in [-0.1, -0.05) is 25.5 Å². The van der Waals surface area contributed by atoms with Crippen molar-refractivity contribution >= 4 is 5.97 Å². The van der Waals surface area contributed by atoms with Crippen LogP contribution >= 0.6 is 0 Å². The van der Waals surface area contributed by atoms with E-state index in [9.17, 15) is 9.90 Å². The minimum Gasteiger partial charge on any atom is -0.469 e. The second-order valence-corrected chi connectivity index (χ2v) is 6.93. The molecule has 0 aromatic carbocycles. The summed E-state index contributed by atoms with van der Waals surface area (Å²) in [6.45, 7) is 10.2. The minimum atomic E-state index is -0.996. The maximum Gasteiger partial charge on any atom is 0.314 e. The average molecular weight is 282 g/mol. The van der Waals surface area contributed by atoms with Crippen LogP contribution < -0.4 is 0 Å². The van der Waals surface area contributed by atoms with E-state index < -0.39 is 11.0 Å². The molecular weight excluding hydrogens is 252 g/mol. The van der Waals surface area contributed by atoms with Crippen molar-refractivity contribution in [2.45, 2.75) is 65.9 Å². The molecule has 1 rings (SSSR count). The number of allylic oxidation sites excluding steroid dienone is 2. The summed E-state index contributed by atoms with van der Waals surface area (Å²) in [5.74, 6) is 0.251. The van der Waals surface area contributed by atoms with Gasteiger partial charge in [-0.25, -0.2) is 0 Å². The van der Waals surface area contributed by atoms with E-state index in [0.29, 0.717) is 18.8 Å². The first kappa shape index (κ1) is 17.2. The zero-order valence-electron chi connectivity index (χ0n) is 13.8. The number of rotatable bonds is 5. The molecular formula is C17H30O3. The van der Waals surface area contributed by atoms with Crippen LogP contribution in [0.4, 0.5) is 0 Å². The first-order valence-corrected chi connectivity index (χ1v) is 7.63. The molecule has 0 saturated heterocycles. The van der Waals surface area contributed by atoms with E-state index in [2.05, 4.69) is 33.8 Å². The van der Waals surface area contributed by atoms with E-state index in [1.54, 1.807) is 0 Å². The van der Waals surface area contributed by atoms with E-state index in [-0.39, 0.29) is 11.9 Å². The lowest BCUT2D eigenvalue weighted by Crippen LogP contribution is -2.52. The monoisotopic (exact) mass is 282 g/mol. The maximum atomic E-state index is 12.4. The number of carbonyl (C=O) groups excluding carboxylic acids is 1. The summed E-state index contributed by atoms with van der Waals surface area (Å²) < 4.78 is 5.04. The van der Waals surface area contributed by atoms with E-state index in [1.165, 1.54) is 12.7 Å². The van der Waals surface area contributed by atoms with Crippen LogP contribution in [0.5, 0.6) is 0 Å². The van der Waals surface area contributed by atoms with Crippen molar-refractivity contribution in [3.8, 4) is 0 Å². The van der Waals surface area contributed by atoms with Gasteiger partial charge in [0.15, 0.2) is 0 Å².